The molecule has 0 heterocycles. The van der Waals surface area contributed by atoms with Gasteiger partial charge < -0.3 is 0 Å². The van der Waals surface area contributed by atoms with Crippen molar-refractivity contribution in [3.05, 3.63) is 61.3 Å². The lowest BCUT2D eigenvalue weighted by Crippen LogP contribution is -2.40. The molecular weight excluding hydrogens is 300 g/mol. The first-order chi connectivity index (χ1) is 12.3. The normalized spacial score (nSPS) is 38.5. The molecule has 25 heavy (non-hydrogen) atoms. The van der Waals surface area contributed by atoms with Crippen LogP contribution in [0.5, 0.6) is 0 Å². The third-order valence-corrected chi connectivity index (χ3v) is 7.89. The summed E-state index contributed by atoms with van der Waals surface area (Å²) in [7, 11) is 0. The van der Waals surface area contributed by atoms with E-state index in [2.05, 4.69) is 68.2 Å². The molecule has 0 N–H and O–H groups in total. The van der Waals surface area contributed by atoms with Crippen molar-refractivity contribution in [3.63, 3.8) is 0 Å². The van der Waals surface area contributed by atoms with Gasteiger partial charge in [-0.3, -0.25) is 0 Å². The van der Waals surface area contributed by atoms with Crippen LogP contribution < -0.4 is 0 Å². The topological polar surface area (TPSA) is 0 Å². The highest BCUT2D eigenvalue weighted by atomic mass is 14.6. The summed E-state index contributed by atoms with van der Waals surface area (Å²) in [5, 5.41) is 0. The second kappa shape index (κ2) is 7.14. The maximum absolute atomic E-state index is 3.97. The number of allylic oxidation sites excluding steroid dienone is 9. The Balaban J connectivity index is 1.70. The molecule has 4 aliphatic carbocycles. The van der Waals surface area contributed by atoms with Gasteiger partial charge in [-0.05, 0) is 73.0 Å². The lowest BCUT2D eigenvalue weighted by atomic mass is 9.58. The molecule has 5 atom stereocenters. The molecule has 0 aromatic rings. The molecule has 0 radical (unpaired) electrons. The van der Waals surface area contributed by atoms with Crippen LogP contribution in [0.1, 0.15) is 51.9 Å². The predicted molar refractivity (Wildman–Crippen MR) is 108 cm³/mol. The van der Waals surface area contributed by atoms with Crippen molar-refractivity contribution in [3.8, 4) is 0 Å². The smallest absolute Gasteiger partial charge is 0.00954 e. The second-order valence-corrected chi connectivity index (χ2v) is 9.04. The molecule has 0 bridgehead atoms. The van der Waals surface area contributed by atoms with Crippen molar-refractivity contribution in [2.45, 2.75) is 51.9 Å². The molecule has 0 aromatic heterocycles. The van der Waals surface area contributed by atoms with Crippen LogP contribution in [-0.4, -0.2) is 0 Å². The van der Waals surface area contributed by atoms with Crippen LogP contribution in [0.15, 0.2) is 61.3 Å². The molecular formula is C25H34. The fraction of sp³-hybridized carbons (Fsp3) is 0.600. The van der Waals surface area contributed by atoms with Gasteiger partial charge in [0, 0.05) is 0 Å². The van der Waals surface area contributed by atoms with Crippen LogP contribution in [0, 0.1) is 40.9 Å². The Morgan fingerprint density at radius 2 is 1.40 bits per heavy atom. The van der Waals surface area contributed by atoms with Crippen LogP contribution in [0.3, 0.4) is 0 Å². The Hall–Kier alpha value is -1.30. The second-order valence-electron chi connectivity index (χ2n) is 9.04. The maximum Gasteiger partial charge on any atom is -0.00954 e. The van der Waals surface area contributed by atoms with Crippen LogP contribution in [-0.2, 0) is 0 Å². The van der Waals surface area contributed by atoms with E-state index in [0.717, 1.165) is 23.7 Å². The van der Waals surface area contributed by atoms with Crippen molar-refractivity contribution in [2.24, 2.45) is 40.9 Å². The van der Waals surface area contributed by atoms with E-state index < -0.39 is 0 Å². The quantitative estimate of drug-likeness (QED) is 0.366. The van der Waals surface area contributed by atoms with Gasteiger partial charge in [-0.25, -0.2) is 0 Å². The van der Waals surface area contributed by atoms with Crippen LogP contribution in [0.25, 0.3) is 0 Å². The Bertz CT molecular complexity index is 564. The summed E-state index contributed by atoms with van der Waals surface area (Å²) in [6.07, 6.45) is 31.1. The fourth-order valence-corrected chi connectivity index (χ4v) is 6.76. The van der Waals surface area contributed by atoms with Gasteiger partial charge >= 0.3 is 0 Å². The third-order valence-electron chi connectivity index (χ3n) is 7.89. The summed E-state index contributed by atoms with van der Waals surface area (Å²) in [6, 6.07) is 0. The lowest BCUT2D eigenvalue weighted by Gasteiger charge is -2.46. The van der Waals surface area contributed by atoms with Crippen molar-refractivity contribution in [2.75, 3.05) is 0 Å². The van der Waals surface area contributed by atoms with Crippen molar-refractivity contribution in [1.29, 1.82) is 0 Å². The highest BCUT2D eigenvalue weighted by Crippen LogP contribution is 2.62. The van der Waals surface area contributed by atoms with E-state index in [9.17, 15) is 0 Å². The van der Waals surface area contributed by atoms with Gasteiger partial charge in [-0.2, -0.15) is 0 Å². The number of rotatable bonds is 6. The molecule has 0 heteroatoms. The minimum Gasteiger partial charge on any atom is -0.103 e. The first-order valence-electron chi connectivity index (χ1n) is 10.6. The summed E-state index contributed by atoms with van der Waals surface area (Å²) in [4.78, 5) is 0. The lowest BCUT2D eigenvalue weighted by molar-refractivity contribution is 0.0430. The number of fused-ring (bicyclic) bond motifs is 3. The van der Waals surface area contributed by atoms with E-state index in [4.69, 9.17) is 0 Å². The van der Waals surface area contributed by atoms with Gasteiger partial charge in [-0.15, -0.1) is 6.58 Å². The average molecular weight is 335 g/mol. The summed E-state index contributed by atoms with van der Waals surface area (Å²) < 4.78 is 0. The van der Waals surface area contributed by atoms with Crippen LogP contribution >= 0.6 is 0 Å². The molecule has 4 rings (SSSR count). The third kappa shape index (κ3) is 2.92. The van der Waals surface area contributed by atoms with Crippen LogP contribution in [0.4, 0.5) is 0 Å². The minimum absolute atomic E-state index is 0.465. The maximum atomic E-state index is 3.97. The minimum atomic E-state index is 0.465. The van der Waals surface area contributed by atoms with Gasteiger partial charge in [0.25, 0.3) is 0 Å². The van der Waals surface area contributed by atoms with E-state index in [1.165, 1.54) is 44.9 Å². The van der Waals surface area contributed by atoms with E-state index in [1.54, 1.807) is 0 Å². The van der Waals surface area contributed by atoms with Gasteiger partial charge in [0.2, 0.25) is 0 Å². The first-order valence-corrected chi connectivity index (χ1v) is 10.6. The Labute approximate surface area is 154 Å². The highest BCUT2D eigenvalue weighted by molar-refractivity contribution is 5.30. The number of unbranched alkanes of at least 4 members (excludes halogenated alkanes) is 1. The first kappa shape index (κ1) is 17.1. The van der Waals surface area contributed by atoms with Crippen molar-refractivity contribution in [1.82, 2.24) is 0 Å². The summed E-state index contributed by atoms with van der Waals surface area (Å²) >= 11 is 0. The Morgan fingerprint density at radius 3 is 1.92 bits per heavy atom. The fourth-order valence-electron chi connectivity index (χ4n) is 6.76. The Kier molecular flexibility index (Phi) is 4.89. The Morgan fingerprint density at radius 1 is 0.880 bits per heavy atom. The van der Waals surface area contributed by atoms with Crippen LogP contribution in [0.2, 0.25) is 0 Å². The molecule has 0 amide bonds. The van der Waals surface area contributed by atoms with Gasteiger partial charge in [-0.1, -0.05) is 74.4 Å². The van der Waals surface area contributed by atoms with E-state index >= 15 is 0 Å². The molecule has 2 fully saturated rings. The van der Waals surface area contributed by atoms with Crippen molar-refractivity contribution < 1.29 is 0 Å². The zero-order valence-corrected chi connectivity index (χ0v) is 15.8. The molecule has 4 aliphatic rings. The molecule has 5 unspecified atom stereocenters. The summed E-state index contributed by atoms with van der Waals surface area (Å²) in [6.45, 7) is 6.63. The zero-order valence-electron chi connectivity index (χ0n) is 15.8. The summed E-state index contributed by atoms with van der Waals surface area (Å²) in [5.41, 5.74) is 0.465. The monoisotopic (exact) mass is 334 g/mol. The molecule has 0 aliphatic heterocycles. The number of hydrogen-bond acceptors (Lipinski definition) is 0. The van der Waals surface area contributed by atoms with Crippen molar-refractivity contribution >= 4 is 0 Å². The van der Waals surface area contributed by atoms with E-state index in [1.807, 2.05) is 0 Å². The zero-order chi connectivity index (χ0) is 17.3. The molecule has 0 spiro atoms. The standard InChI is InChI=1S/C25H34/c1-3-4-11-18-25(2,19-12-5-6-13-19)24-22-16-9-7-14-20(22)21-15-8-10-17-23(21)24/h3,7-10,14-17,19-24H,1,4-6,11-13,18H2,2H3. The predicted octanol–water partition coefficient (Wildman–Crippen LogP) is 6.89. The molecule has 134 valence electrons. The molecule has 0 nitrogen and oxygen atoms in total. The van der Waals surface area contributed by atoms with E-state index in [0.29, 0.717) is 17.3 Å². The highest BCUT2D eigenvalue weighted by Gasteiger charge is 2.55. The average Bonchev–Trinajstić information content (AvgIpc) is 3.29. The molecule has 2 saturated carbocycles. The number of hydrogen-bond donors (Lipinski definition) is 0. The SMILES string of the molecule is C=CCCCC(C)(C1CCCC1)C1C2C=CC=CC2C2C=CC=CC21. The van der Waals surface area contributed by atoms with Gasteiger partial charge in [0.1, 0.15) is 0 Å². The van der Waals surface area contributed by atoms with Gasteiger partial charge in [0.15, 0.2) is 0 Å². The summed E-state index contributed by atoms with van der Waals surface area (Å²) in [5.74, 6) is 4.57. The largest absolute Gasteiger partial charge is 0.103 e. The van der Waals surface area contributed by atoms with Gasteiger partial charge in [0.05, 0.1) is 0 Å². The molecule has 0 saturated heterocycles. The molecule has 0 aromatic carbocycles. The van der Waals surface area contributed by atoms with E-state index in [-0.39, 0.29) is 0 Å².